The molecule has 31 heavy (non-hydrogen) atoms. The number of hydrogen-bond donors (Lipinski definition) is 3. The van der Waals surface area contributed by atoms with Crippen molar-refractivity contribution in [2.24, 2.45) is 5.92 Å². The van der Waals surface area contributed by atoms with Gasteiger partial charge in [-0.05, 0) is 54.1 Å². The molecule has 1 unspecified atom stereocenters. The molecule has 3 N–H and O–H groups in total. The van der Waals surface area contributed by atoms with Crippen molar-refractivity contribution in [3.63, 3.8) is 0 Å². The third-order valence-electron chi connectivity index (χ3n) is 5.78. The lowest BCUT2D eigenvalue weighted by Crippen LogP contribution is -2.26. The largest absolute Gasteiger partial charge is 0.481 e. The average Bonchev–Trinajstić information content (AvgIpc) is 3.10. The average molecular weight is 439 g/mol. The minimum atomic E-state index is -0.927. The van der Waals surface area contributed by atoms with Crippen LogP contribution in [0.3, 0.4) is 0 Å². The highest BCUT2D eigenvalue weighted by Gasteiger charge is 2.25. The molecule has 0 radical (unpaired) electrons. The van der Waals surface area contributed by atoms with Gasteiger partial charge >= 0.3 is 5.97 Å². The normalized spacial score (nSPS) is 12.1. The number of rotatable bonds is 10. The number of fused-ring (bicyclic) bond motifs is 1. The van der Waals surface area contributed by atoms with E-state index in [4.69, 9.17) is 5.11 Å². The van der Waals surface area contributed by atoms with Crippen LogP contribution in [0.25, 0.3) is 10.1 Å². The molecule has 0 saturated carbocycles. The number of aryl methyl sites for hydroxylation is 1. The number of thiophene rings is 1. The van der Waals surface area contributed by atoms with E-state index >= 15 is 0 Å². The quantitative estimate of drug-likeness (QED) is 0.362. The van der Waals surface area contributed by atoms with Crippen molar-refractivity contribution < 1.29 is 14.7 Å². The molecule has 1 aromatic heterocycles. The van der Waals surface area contributed by atoms with Crippen molar-refractivity contribution in [3.8, 4) is 0 Å². The summed E-state index contributed by atoms with van der Waals surface area (Å²) >= 11 is 1.86. The van der Waals surface area contributed by atoms with Crippen LogP contribution in [-0.2, 0) is 4.79 Å². The highest BCUT2D eigenvalue weighted by atomic mass is 32.1. The van der Waals surface area contributed by atoms with E-state index in [-0.39, 0.29) is 24.9 Å². The third kappa shape index (κ3) is 5.44. The monoisotopic (exact) mass is 438 g/mol. The zero-order valence-electron chi connectivity index (χ0n) is 18.3. The van der Waals surface area contributed by atoms with Gasteiger partial charge in [-0.15, -0.1) is 11.3 Å². The molecule has 1 atom stereocenters. The summed E-state index contributed by atoms with van der Waals surface area (Å²) in [7, 11) is 0. The molecule has 0 bridgehead atoms. The first-order chi connectivity index (χ1) is 14.9. The lowest BCUT2D eigenvalue weighted by atomic mass is 9.91. The van der Waals surface area contributed by atoms with Crippen LogP contribution in [0.15, 0.2) is 48.5 Å². The van der Waals surface area contributed by atoms with Crippen molar-refractivity contribution in [1.29, 1.82) is 0 Å². The molecule has 3 rings (SSSR count). The summed E-state index contributed by atoms with van der Waals surface area (Å²) in [5, 5.41) is 16.4. The fourth-order valence-electron chi connectivity index (χ4n) is 3.93. The van der Waals surface area contributed by atoms with Gasteiger partial charge in [0, 0.05) is 27.4 Å². The molecule has 2 aromatic carbocycles. The van der Waals surface area contributed by atoms with Crippen LogP contribution in [0.4, 0.5) is 5.69 Å². The lowest BCUT2D eigenvalue weighted by Gasteiger charge is -2.27. The second kappa shape index (κ2) is 10.4. The number of benzene rings is 2. The van der Waals surface area contributed by atoms with E-state index in [0.717, 1.165) is 18.5 Å². The Labute approximate surface area is 187 Å². The van der Waals surface area contributed by atoms with Crippen LogP contribution in [0, 0.1) is 12.8 Å². The zero-order valence-corrected chi connectivity index (χ0v) is 19.1. The Hall–Kier alpha value is -2.86. The van der Waals surface area contributed by atoms with Gasteiger partial charge in [0.15, 0.2) is 0 Å². The van der Waals surface area contributed by atoms with E-state index in [0.29, 0.717) is 11.5 Å². The maximum atomic E-state index is 12.2. The van der Waals surface area contributed by atoms with E-state index in [9.17, 15) is 9.59 Å². The molecule has 1 amide bonds. The summed E-state index contributed by atoms with van der Waals surface area (Å²) in [6, 6.07) is 16.1. The predicted octanol–water partition coefficient (Wildman–Crippen LogP) is 6.00. The smallest absolute Gasteiger partial charge is 0.305 e. The van der Waals surface area contributed by atoms with E-state index in [1.165, 1.54) is 20.5 Å². The molecule has 5 nitrogen and oxygen atoms in total. The number of hydrogen-bond acceptors (Lipinski definition) is 4. The summed E-state index contributed by atoms with van der Waals surface area (Å²) in [6.45, 7) is 6.79. The van der Waals surface area contributed by atoms with Gasteiger partial charge in [0.25, 0.3) is 5.91 Å². The number of nitrogens with one attached hydrogen (secondary N) is 2. The lowest BCUT2D eigenvalue weighted by molar-refractivity contribution is -0.136. The topological polar surface area (TPSA) is 78.4 Å². The van der Waals surface area contributed by atoms with Crippen molar-refractivity contribution in [3.05, 3.63) is 64.5 Å². The van der Waals surface area contributed by atoms with Gasteiger partial charge in [0.2, 0.25) is 0 Å². The molecule has 0 aliphatic heterocycles. The number of amides is 1. The van der Waals surface area contributed by atoms with Gasteiger partial charge in [0.1, 0.15) is 0 Å². The Morgan fingerprint density at radius 3 is 2.32 bits per heavy atom. The van der Waals surface area contributed by atoms with Crippen LogP contribution < -0.4 is 10.6 Å². The molecule has 0 saturated heterocycles. The van der Waals surface area contributed by atoms with Gasteiger partial charge in [-0.3, -0.25) is 9.59 Å². The van der Waals surface area contributed by atoms with Gasteiger partial charge in [0.05, 0.1) is 12.5 Å². The number of carbonyl (C=O) groups is 2. The van der Waals surface area contributed by atoms with Crippen molar-refractivity contribution in [2.75, 3.05) is 11.9 Å². The molecule has 0 aliphatic rings. The Bertz CT molecular complexity index is 1040. The maximum absolute atomic E-state index is 12.2. The molecule has 164 valence electrons. The van der Waals surface area contributed by atoms with E-state index in [2.05, 4.69) is 55.7 Å². The Morgan fingerprint density at radius 1 is 1.03 bits per heavy atom. The summed E-state index contributed by atoms with van der Waals surface area (Å²) in [6.07, 6.45) is 2.06. The van der Waals surface area contributed by atoms with E-state index in [1.807, 2.05) is 23.5 Å². The van der Waals surface area contributed by atoms with Crippen LogP contribution in [0.1, 0.15) is 60.0 Å². The van der Waals surface area contributed by atoms with Gasteiger partial charge in [-0.2, -0.15) is 0 Å². The standard InChI is InChI=1S/C25H30N2O3S/c1-4-17(5-2)23(24-16(3)20-8-6-7-9-21(20)31-24)27-19-12-10-18(11-13-19)25(30)26-15-14-22(28)29/h6-13,17,23,27H,4-5,14-15H2,1-3H3,(H,26,30)(H,28,29). The van der Waals surface area contributed by atoms with Crippen LogP contribution in [0.2, 0.25) is 0 Å². The van der Waals surface area contributed by atoms with Crippen molar-refractivity contribution in [2.45, 2.75) is 46.1 Å². The maximum Gasteiger partial charge on any atom is 0.305 e. The van der Waals surface area contributed by atoms with Crippen LogP contribution >= 0.6 is 11.3 Å². The van der Waals surface area contributed by atoms with Crippen LogP contribution in [0.5, 0.6) is 0 Å². The van der Waals surface area contributed by atoms with Gasteiger partial charge < -0.3 is 15.7 Å². The van der Waals surface area contributed by atoms with Crippen LogP contribution in [-0.4, -0.2) is 23.5 Å². The second-order valence-electron chi connectivity index (χ2n) is 7.76. The highest BCUT2D eigenvalue weighted by molar-refractivity contribution is 7.19. The summed E-state index contributed by atoms with van der Waals surface area (Å²) in [4.78, 5) is 24.2. The molecule has 3 aromatic rings. The minimum absolute atomic E-state index is 0.0863. The fourth-order valence-corrected chi connectivity index (χ4v) is 5.29. The molecular formula is C25H30N2O3S. The number of anilines is 1. The fraction of sp³-hybridized carbons (Fsp3) is 0.360. The molecule has 1 heterocycles. The van der Waals surface area contributed by atoms with Gasteiger partial charge in [-0.1, -0.05) is 44.9 Å². The highest BCUT2D eigenvalue weighted by Crippen LogP contribution is 2.40. The summed E-state index contributed by atoms with van der Waals surface area (Å²) in [5.74, 6) is -0.695. The predicted molar refractivity (Wildman–Crippen MR) is 128 cm³/mol. The van der Waals surface area contributed by atoms with Crippen molar-refractivity contribution >= 4 is 39.0 Å². The third-order valence-corrected chi connectivity index (χ3v) is 7.13. The van der Waals surface area contributed by atoms with Crippen molar-refractivity contribution in [1.82, 2.24) is 5.32 Å². The van der Waals surface area contributed by atoms with E-state index in [1.54, 1.807) is 12.1 Å². The molecule has 0 spiro atoms. The van der Waals surface area contributed by atoms with Gasteiger partial charge in [-0.25, -0.2) is 0 Å². The number of carboxylic acids is 1. The second-order valence-corrected chi connectivity index (χ2v) is 8.85. The first-order valence-corrected chi connectivity index (χ1v) is 11.6. The Kier molecular flexibility index (Phi) is 7.69. The molecule has 6 heteroatoms. The van der Waals surface area contributed by atoms with E-state index < -0.39 is 5.97 Å². The zero-order chi connectivity index (χ0) is 22.4. The molecule has 0 aliphatic carbocycles. The number of carboxylic acid groups (broad SMARTS) is 1. The summed E-state index contributed by atoms with van der Waals surface area (Å²) in [5.41, 5.74) is 2.82. The molecule has 0 fully saturated rings. The minimum Gasteiger partial charge on any atom is -0.481 e. The number of aliphatic carboxylic acids is 1. The SMILES string of the molecule is CCC(CC)C(Nc1ccc(C(=O)NCCC(=O)O)cc1)c1sc2ccccc2c1C. The first kappa shape index (κ1) is 22.8. The number of carbonyl (C=O) groups excluding carboxylic acids is 1. The Morgan fingerprint density at radius 2 is 1.71 bits per heavy atom. The molecular weight excluding hydrogens is 408 g/mol. The first-order valence-electron chi connectivity index (χ1n) is 10.8. The summed E-state index contributed by atoms with van der Waals surface area (Å²) < 4.78 is 1.31. The Balaban J connectivity index is 1.81.